The maximum atomic E-state index is 6.50. The van der Waals surface area contributed by atoms with Crippen molar-refractivity contribution in [1.82, 2.24) is 15.5 Å². The van der Waals surface area contributed by atoms with Gasteiger partial charge in [0.15, 0.2) is 5.96 Å². The van der Waals surface area contributed by atoms with Crippen LogP contribution in [-0.4, -0.2) is 69.5 Å². The molecule has 0 radical (unpaired) electrons. The molecule has 7 heteroatoms. The summed E-state index contributed by atoms with van der Waals surface area (Å²) in [6.07, 6.45) is 2.20. The van der Waals surface area contributed by atoms with E-state index in [2.05, 4.69) is 33.5 Å². The molecule has 6 nitrogen and oxygen atoms in total. The van der Waals surface area contributed by atoms with E-state index < -0.39 is 0 Å². The minimum atomic E-state index is -0.107. The van der Waals surface area contributed by atoms with Crippen LogP contribution in [0.5, 0.6) is 0 Å². The second-order valence-electron chi connectivity index (χ2n) is 7.39. The Bertz CT molecular complexity index is 628. The van der Waals surface area contributed by atoms with Gasteiger partial charge in [-0.2, -0.15) is 0 Å². The van der Waals surface area contributed by atoms with Crippen molar-refractivity contribution in [1.29, 1.82) is 0 Å². The molecule has 2 aliphatic rings. The monoisotopic (exact) mass is 394 g/mol. The summed E-state index contributed by atoms with van der Waals surface area (Å²) in [5, 5.41) is 7.69. The first-order valence-electron chi connectivity index (χ1n) is 9.76. The quantitative estimate of drug-likeness (QED) is 0.573. The molecule has 2 saturated heterocycles. The van der Waals surface area contributed by atoms with Crippen molar-refractivity contribution < 1.29 is 9.47 Å². The van der Waals surface area contributed by atoms with Crippen LogP contribution in [0.15, 0.2) is 29.3 Å². The van der Waals surface area contributed by atoms with Gasteiger partial charge in [0.25, 0.3) is 0 Å². The highest BCUT2D eigenvalue weighted by atomic mass is 35.5. The standard InChI is InChI=1S/C20H31ClN4O2/c1-20(8-5-11-27-20)15-24-19(22-2)23-14-18(25-9-12-26-13-10-25)16-6-3-4-7-17(16)21/h3-4,6-7,18H,5,8-15H2,1-2H3,(H2,22,23,24). The van der Waals surface area contributed by atoms with E-state index in [1.165, 1.54) is 0 Å². The van der Waals surface area contributed by atoms with E-state index in [9.17, 15) is 0 Å². The molecule has 2 aliphatic heterocycles. The highest BCUT2D eigenvalue weighted by Crippen LogP contribution is 2.28. The predicted molar refractivity (Wildman–Crippen MR) is 110 cm³/mol. The average molecular weight is 395 g/mol. The summed E-state index contributed by atoms with van der Waals surface area (Å²) < 4.78 is 11.4. The molecule has 1 aromatic rings. The van der Waals surface area contributed by atoms with Crippen LogP contribution in [-0.2, 0) is 9.47 Å². The molecular formula is C20H31ClN4O2. The lowest BCUT2D eigenvalue weighted by Gasteiger charge is -2.35. The Morgan fingerprint density at radius 1 is 1.26 bits per heavy atom. The van der Waals surface area contributed by atoms with Crippen LogP contribution in [0.1, 0.15) is 31.4 Å². The van der Waals surface area contributed by atoms with Crippen molar-refractivity contribution in [2.24, 2.45) is 4.99 Å². The summed E-state index contributed by atoms with van der Waals surface area (Å²) >= 11 is 6.50. The molecule has 2 unspecified atom stereocenters. The zero-order valence-electron chi connectivity index (χ0n) is 16.3. The largest absolute Gasteiger partial charge is 0.379 e. The summed E-state index contributed by atoms with van der Waals surface area (Å²) in [5.41, 5.74) is 1.03. The lowest BCUT2D eigenvalue weighted by Crippen LogP contribution is -2.49. The Labute approximate surface area is 167 Å². The highest BCUT2D eigenvalue weighted by Gasteiger charge is 2.30. The van der Waals surface area contributed by atoms with Crippen molar-refractivity contribution in [2.45, 2.75) is 31.4 Å². The van der Waals surface area contributed by atoms with Crippen LogP contribution in [0.4, 0.5) is 0 Å². The number of hydrogen-bond acceptors (Lipinski definition) is 4. The van der Waals surface area contributed by atoms with Crippen LogP contribution >= 0.6 is 11.6 Å². The molecule has 1 aromatic carbocycles. The molecule has 0 amide bonds. The number of guanidine groups is 1. The molecule has 3 rings (SSSR count). The van der Waals surface area contributed by atoms with Gasteiger partial charge in [-0.3, -0.25) is 9.89 Å². The number of aliphatic imine (C=N–C) groups is 1. The molecule has 0 spiro atoms. The maximum Gasteiger partial charge on any atom is 0.191 e. The van der Waals surface area contributed by atoms with E-state index in [1.54, 1.807) is 7.05 Å². The maximum absolute atomic E-state index is 6.50. The van der Waals surface area contributed by atoms with Gasteiger partial charge in [0, 0.05) is 44.9 Å². The van der Waals surface area contributed by atoms with Gasteiger partial charge < -0.3 is 20.1 Å². The zero-order valence-corrected chi connectivity index (χ0v) is 17.1. The molecule has 2 atom stereocenters. The van der Waals surface area contributed by atoms with Gasteiger partial charge in [-0.15, -0.1) is 0 Å². The second kappa shape index (κ2) is 9.73. The van der Waals surface area contributed by atoms with E-state index >= 15 is 0 Å². The highest BCUT2D eigenvalue weighted by molar-refractivity contribution is 6.31. The lowest BCUT2D eigenvalue weighted by molar-refractivity contribution is 0.0167. The fourth-order valence-corrected chi connectivity index (χ4v) is 3.99. The topological polar surface area (TPSA) is 58.1 Å². The van der Waals surface area contributed by atoms with Crippen LogP contribution in [0.2, 0.25) is 5.02 Å². The lowest BCUT2D eigenvalue weighted by atomic mass is 10.0. The number of morpholine rings is 1. The molecule has 2 heterocycles. The minimum Gasteiger partial charge on any atom is -0.379 e. The normalized spacial score (nSPS) is 25.4. The van der Waals surface area contributed by atoms with Crippen molar-refractivity contribution in [2.75, 3.05) is 53.0 Å². The molecule has 0 aromatic heterocycles. The Hall–Kier alpha value is -1.34. The number of benzene rings is 1. The third-order valence-corrected chi connectivity index (χ3v) is 5.71. The van der Waals surface area contributed by atoms with Gasteiger partial charge in [0.1, 0.15) is 0 Å². The number of hydrogen-bond donors (Lipinski definition) is 2. The summed E-state index contributed by atoms with van der Waals surface area (Å²) in [6.45, 7) is 7.77. The Kier molecular flexibility index (Phi) is 7.35. The Morgan fingerprint density at radius 2 is 2.04 bits per heavy atom. The molecule has 27 heavy (non-hydrogen) atoms. The minimum absolute atomic E-state index is 0.107. The Morgan fingerprint density at radius 3 is 2.70 bits per heavy atom. The van der Waals surface area contributed by atoms with E-state index in [4.69, 9.17) is 21.1 Å². The predicted octanol–water partition coefficient (Wildman–Crippen LogP) is 2.45. The van der Waals surface area contributed by atoms with Gasteiger partial charge in [-0.1, -0.05) is 29.8 Å². The van der Waals surface area contributed by atoms with Gasteiger partial charge in [-0.25, -0.2) is 0 Å². The molecule has 0 aliphatic carbocycles. The molecule has 2 N–H and O–H groups in total. The smallest absolute Gasteiger partial charge is 0.191 e. The van der Waals surface area contributed by atoms with Crippen molar-refractivity contribution in [3.8, 4) is 0 Å². The van der Waals surface area contributed by atoms with E-state index in [0.29, 0.717) is 0 Å². The fourth-order valence-electron chi connectivity index (χ4n) is 3.73. The van der Waals surface area contributed by atoms with Gasteiger partial charge in [-0.05, 0) is 31.4 Å². The first-order valence-corrected chi connectivity index (χ1v) is 10.1. The summed E-state index contributed by atoms with van der Waals surface area (Å²) in [6, 6.07) is 8.24. The van der Waals surface area contributed by atoms with Crippen LogP contribution in [0.25, 0.3) is 0 Å². The SMILES string of the molecule is CN=C(NCC(c1ccccc1Cl)N1CCOCC1)NCC1(C)CCCO1. The second-order valence-corrected chi connectivity index (χ2v) is 7.80. The Balaban J connectivity index is 1.63. The van der Waals surface area contributed by atoms with Gasteiger partial charge in [0.2, 0.25) is 0 Å². The van der Waals surface area contributed by atoms with Crippen LogP contribution < -0.4 is 10.6 Å². The average Bonchev–Trinajstić information content (AvgIpc) is 3.13. The van der Waals surface area contributed by atoms with Crippen LogP contribution in [0.3, 0.4) is 0 Å². The summed E-state index contributed by atoms with van der Waals surface area (Å²) in [4.78, 5) is 6.80. The molecule has 150 valence electrons. The van der Waals surface area contributed by atoms with Crippen molar-refractivity contribution in [3.63, 3.8) is 0 Å². The first-order chi connectivity index (χ1) is 13.1. The fraction of sp³-hybridized carbons (Fsp3) is 0.650. The number of nitrogens with one attached hydrogen (secondary N) is 2. The van der Waals surface area contributed by atoms with Gasteiger partial charge in [0.05, 0.1) is 24.9 Å². The molecular weight excluding hydrogens is 364 g/mol. The third kappa shape index (κ3) is 5.57. The van der Waals surface area contributed by atoms with Crippen molar-refractivity contribution >= 4 is 17.6 Å². The number of rotatable bonds is 6. The summed E-state index contributed by atoms with van der Waals surface area (Å²) in [7, 11) is 1.80. The third-order valence-electron chi connectivity index (χ3n) is 5.37. The van der Waals surface area contributed by atoms with E-state index in [1.807, 2.05) is 18.2 Å². The zero-order chi connectivity index (χ0) is 19.1. The number of nitrogens with zero attached hydrogens (tertiary/aromatic N) is 2. The number of ether oxygens (including phenoxy) is 2. The first kappa shape index (κ1) is 20.4. The van der Waals surface area contributed by atoms with E-state index in [0.717, 1.165) is 75.4 Å². The van der Waals surface area contributed by atoms with Gasteiger partial charge >= 0.3 is 0 Å². The van der Waals surface area contributed by atoms with Crippen molar-refractivity contribution in [3.05, 3.63) is 34.9 Å². The number of halogens is 1. The summed E-state index contributed by atoms with van der Waals surface area (Å²) in [5.74, 6) is 0.789. The van der Waals surface area contributed by atoms with Crippen LogP contribution in [0, 0.1) is 0 Å². The molecule has 2 fully saturated rings. The molecule has 0 saturated carbocycles. The van der Waals surface area contributed by atoms with E-state index in [-0.39, 0.29) is 11.6 Å². The molecule has 0 bridgehead atoms.